The molecule has 0 radical (unpaired) electrons. The number of ether oxygens (including phenoxy) is 2. The number of aliphatic hydroxyl groups is 2. The molecule has 6 heteroatoms. The third kappa shape index (κ3) is 3.65. The molecule has 0 spiro atoms. The van der Waals surface area contributed by atoms with Crippen molar-refractivity contribution in [2.24, 2.45) is 5.92 Å². The number of aliphatic hydroxyl groups excluding tert-OH is 1. The zero-order valence-electron chi connectivity index (χ0n) is 14.8. The van der Waals surface area contributed by atoms with Gasteiger partial charge in [0, 0.05) is 17.9 Å². The van der Waals surface area contributed by atoms with Crippen LogP contribution in [0.4, 0.5) is 0 Å². The van der Waals surface area contributed by atoms with E-state index in [0.29, 0.717) is 17.0 Å². The first-order valence-electron chi connectivity index (χ1n) is 8.71. The Morgan fingerprint density at radius 1 is 1.31 bits per heavy atom. The molecule has 0 aromatic heterocycles. The van der Waals surface area contributed by atoms with Crippen LogP contribution < -0.4 is 0 Å². The maximum absolute atomic E-state index is 12.5. The quantitative estimate of drug-likeness (QED) is 0.627. The maximum atomic E-state index is 12.5. The Hall–Kier alpha value is -2.20. The van der Waals surface area contributed by atoms with E-state index >= 15 is 0 Å². The van der Waals surface area contributed by atoms with E-state index in [1.54, 1.807) is 24.3 Å². The Balaban J connectivity index is 1.72. The molecule has 2 aliphatic rings. The number of Topliss-reactive ketones (excluding diaryl/α,β-unsaturated/α-hetero) is 1. The molecule has 1 aliphatic heterocycles. The second-order valence-electron chi connectivity index (χ2n) is 6.84. The first kappa shape index (κ1) is 18.6. The van der Waals surface area contributed by atoms with Crippen LogP contribution in [0, 0.1) is 17.8 Å². The normalized spacial score (nSPS) is 30.8. The van der Waals surface area contributed by atoms with Crippen molar-refractivity contribution in [3.8, 4) is 11.8 Å². The molecule has 2 N–H and O–H groups in total. The van der Waals surface area contributed by atoms with Gasteiger partial charge in [-0.1, -0.05) is 24.0 Å². The van der Waals surface area contributed by atoms with Gasteiger partial charge in [-0.3, -0.25) is 4.79 Å². The van der Waals surface area contributed by atoms with Crippen LogP contribution in [0.5, 0.6) is 0 Å². The second kappa shape index (κ2) is 7.20. The van der Waals surface area contributed by atoms with E-state index < -0.39 is 35.9 Å². The molecule has 0 bridgehead atoms. The molecule has 3 rings (SSSR count). The van der Waals surface area contributed by atoms with E-state index in [9.17, 15) is 19.8 Å². The van der Waals surface area contributed by atoms with Crippen LogP contribution in [0.3, 0.4) is 0 Å². The number of rotatable bonds is 3. The smallest absolute Gasteiger partial charge is 0.341 e. The van der Waals surface area contributed by atoms with E-state index in [1.807, 2.05) is 0 Å². The molecule has 1 aromatic carbocycles. The summed E-state index contributed by atoms with van der Waals surface area (Å²) in [7, 11) is 0. The Bertz CT molecular complexity index is 758. The highest BCUT2D eigenvalue weighted by atomic mass is 16.7. The SMILES string of the molecule is CC(=O)[C@]1(O)[C@H](O)C[C@@H](OC(=O)c2ccccc2C#CC2CC2)O[C@H]1C. The van der Waals surface area contributed by atoms with Crippen LogP contribution in [0.1, 0.15) is 49.0 Å². The molecule has 1 heterocycles. The topological polar surface area (TPSA) is 93.1 Å². The summed E-state index contributed by atoms with van der Waals surface area (Å²) in [5, 5.41) is 20.5. The number of hydrogen-bond donors (Lipinski definition) is 2. The van der Waals surface area contributed by atoms with E-state index in [1.165, 1.54) is 13.8 Å². The summed E-state index contributed by atoms with van der Waals surface area (Å²) < 4.78 is 10.8. The van der Waals surface area contributed by atoms with Gasteiger partial charge in [0.2, 0.25) is 6.29 Å². The predicted molar refractivity (Wildman–Crippen MR) is 92.0 cm³/mol. The van der Waals surface area contributed by atoms with Crippen LogP contribution in [-0.2, 0) is 14.3 Å². The highest BCUT2D eigenvalue weighted by Gasteiger charge is 2.52. The van der Waals surface area contributed by atoms with E-state index in [-0.39, 0.29) is 6.42 Å². The zero-order valence-corrected chi connectivity index (χ0v) is 14.8. The Labute approximate surface area is 152 Å². The first-order valence-corrected chi connectivity index (χ1v) is 8.71. The van der Waals surface area contributed by atoms with Crippen molar-refractivity contribution in [2.45, 2.75) is 57.2 Å². The van der Waals surface area contributed by atoms with Gasteiger partial charge in [-0.15, -0.1) is 0 Å². The Morgan fingerprint density at radius 2 is 2.00 bits per heavy atom. The van der Waals surface area contributed by atoms with Crippen molar-refractivity contribution < 1.29 is 29.3 Å². The van der Waals surface area contributed by atoms with Crippen LogP contribution in [0.2, 0.25) is 0 Å². The molecule has 6 nitrogen and oxygen atoms in total. The highest BCUT2D eigenvalue weighted by Crippen LogP contribution is 2.31. The van der Waals surface area contributed by atoms with Gasteiger partial charge in [0.05, 0.1) is 17.8 Å². The van der Waals surface area contributed by atoms with Gasteiger partial charge in [-0.05, 0) is 38.8 Å². The van der Waals surface area contributed by atoms with Crippen molar-refractivity contribution >= 4 is 11.8 Å². The van der Waals surface area contributed by atoms with Gasteiger partial charge < -0.3 is 19.7 Å². The summed E-state index contributed by atoms with van der Waals surface area (Å²) in [4.78, 5) is 24.2. The van der Waals surface area contributed by atoms with Crippen molar-refractivity contribution in [3.05, 3.63) is 35.4 Å². The molecular formula is C20H22O6. The number of benzene rings is 1. The van der Waals surface area contributed by atoms with E-state index in [0.717, 1.165) is 12.8 Å². The second-order valence-corrected chi connectivity index (χ2v) is 6.84. The Morgan fingerprint density at radius 3 is 2.62 bits per heavy atom. The van der Waals surface area contributed by atoms with Gasteiger partial charge in [-0.25, -0.2) is 4.79 Å². The largest absolute Gasteiger partial charge is 0.432 e. The van der Waals surface area contributed by atoms with E-state index in [4.69, 9.17) is 9.47 Å². The third-order valence-corrected chi connectivity index (χ3v) is 4.84. The molecular weight excluding hydrogens is 336 g/mol. The predicted octanol–water partition coefficient (Wildman–Crippen LogP) is 1.42. The first-order chi connectivity index (χ1) is 12.3. The molecule has 1 aliphatic carbocycles. The van der Waals surface area contributed by atoms with Crippen LogP contribution >= 0.6 is 0 Å². The average molecular weight is 358 g/mol. The average Bonchev–Trinajstić information content (AvgIpc) is 3.42. The fourth-order valence-electron chi connectivity index (χ4n) is 2.98. The molecule has 0 unspecified atom stereocenters. The van der Waals surface area contributed by atoms with Gasteiger partial charge in [0.25, 0.3) is 0 Å². The number of esters is 1. The number of carbonyl (C=O) groups excluding carboxylic acids is 2. The molecule has 138 valence electrons. The summed E-state index contributed by atoms with van der Waals surface area (Å²) in [6.07, 6.45) is -1.47. The molecule has 1 aromatic rings. The summed E-state index contributed by atoms with van der Waals surface area (Å²) in [6.45, 7) is 2.64. The minimum absolute atomic E-state index is 0.192. The van der Waals surface area contributed by atoms with Crippen molar-refractivity contribution in [1.82, 2.24) is 0 Å². The standard InChI is InChI=1S/C20H22O6/c1-12(21)20(24)13(2)25-18(11-17(20)22)26-19(23)16-6-4-3-5-15(16)10-9-14-7-8-14/h3-6,13-14,17-18,22,24H,7-8,11H2,1-2H3/t13-,17+,18+,20+/m0/s1. The molecule has 26 heavy (non-hydrogen) atoms. The van der Waals surface area contributed by atoms with Gasteiger partial charge >= 0.3 is 5.97 Å². The minimum Gasteiger partial charge on any atom is -0.432 e. The molecule has 4 atom stereocenters. The molecule has 1 saturated heterocycles. The summed E-state index contributed by atoms with van der Waals surface area (Å²) >= 11 is 0. The minimum atomic E-state index is -2.00. The summed E-state index contributed by atoms with van der Waals surface area (Å²) in [5.74, 6) is 5.31. The molecule has 1 saturated carbocycles. The van der Waals surface area contributed by atoms with Crippen LogP contribution in [-0.4, -0.2) is 46.1 Å². The van der Waals surface area contributed by atoms with Crippen molar-refractivity contribution in [3.63, 3.8) is 0 Å². The highest BCUT2D eigenvalue weighted by molar-refractivity contribution is 5.92. The molecule has 2 fully saturated rings. The van der Waals surface area contributed by atoms with Crippen molar-refractivity contribution in [1.29, 1.82) is 0 Å². The van der Waals surface area contributed by atoms with Gasteiger partial charge in [0.15, 0.2) is 11.4 Å². The molecule has 0 amide bonds. The number of carbonyl (C=O) groups is 2. The lowest BCUT2D eigenvalue weighted by Gasteiger charge is -2.42. The number of hydrogen-bond acceptors (Lipinski definition) is 6. The monoisotopic (exact) mass is 358 g/mol. The van der Waals surface area contributed by atoms with Crippen LogP contribution in [0.15, 0.2) is 24.3 Å². The van der Waals surface area contributed by atoms with Crippen molar-refractivity contribution in [2.75, 3.05) is 0 Å². The van der Waals surface area contributed by atoms with Gasteiger partial charge in [0.1, 0.15) is 0 Å². The van der Waals surface area contributed by atoms with E-state index in [2.05, 4.69) is 11.8 Å². The third-order valence-electron chi connectivity index (χ3n) is 4.84. The fourth-order valence-corrected chi connectivity index (χ4v) is 2.98. The Kier molecular flexibility index (Phi) is 5.15. The van der Waals surface area contributed by atoms with Crippen LogP contribution in [0.25, 0.3) is 0 Å². The lowest BCUT2D eigenvalue weighted by Crippen LogP contribution is -2.62. The maximum Gasteiger partial charge on any atom is 0.341 e. The zero-order chi connectivity index (χ0) is 18.9. The van der Waals surface area contributed by atoms with Gasteiger partial charge in [-0.2, -0.15) is 0 Å². The number of ketones is 1. The lowest BCUT2D eigenvalue weighted by atomic mass is 9.83. The fraction of sp³-hybridized carbons (Fsp3) is 0.500. The lowest BCUT2D eigenvalue weighted by molar-refractivity contribution is -0.258. The summed E-state index contributed by atoms with van der Waals surface area (Å²) in [5.41, 5.74) is -1.11. The summed E-state index contributed by atoms with van der Waals surface area (Å²) in [6, 6.07) is 6.88.